The van der Waals surface area contributed by atoms with E-state index in [4.69, 9.17) is 0 Å². The van der Waals surface area contributed by atoms with Gasteiger partial charge in [-0.05, 0) is 24.1 Å². The van der Waals surface area contributed by atoms with E-state index in [-0.39, 0.29) is 12.3 Å². The minimum atomic E-state index is -1.15. The Labute approximate surface area is 119 Å². The van der Waals surface area contributed by atoms with Crippen LogP contribution >= 0.6 is 0 Å². The molecule has 1 aromatic heterocycles. The fraction of sp³-hybridized carbons (Fsp3) is 0.312. The third-order valence-corrected chi connectivity index (χ3v) is 3.28. The van der Waals surface area contributed by atoms with Crippen molar-refractivity contribution in [2.45, 2.75) is 25.5 Å². The first-order chi connectivity index (χ1) is 9.47. The van der Waals surface area contributed by atoms with Crippen molar-refractivity contribution in [2.24, 2.45) is 7.05 Å². The molecule has 0 spiro atoms. The normalized spacial score (nSPS) is 13.8. The van der Waals surface area contributed by atoms with E-state index in [0.29, 0.717) is 6.54 Å². The summed E-state index contributed by atoms with van der Waals surface area (Å²) in [5.74, 6) is -0.164. The highest BCUT2D eigenvalue weighted by atomic mass is 16.3. The van der Waals surface area contributed by atoms with Crippen LogP contribution in [0.5, 0.6) is 0 Å². The molecule has 1 unspecified atom stereocenters. The van der Waals surface area contributed by atoms with Crippen molar-refractivity contribution in [3.05, 3.63) is 59.9 Å². The number of rotatable bonds is 5. The van der Waals surface area contributed by atoms with E-state index in [1.165, 1.54) is 0 Å². The molecule has 0 aliphatic rings. The lowest BCUT2D eigenvalue weighted by Crippen LogP contribution is -2.32. The molecule has 2 N–H and O–H groups in total. The van der Waals surface area contributed by atoms with Crippen LogP contribution in [0.4, 0.5) is 0 Å². The fourth-order valence-corrected chi connectivity index (χ4v) is 2.14. The van der Waals surface area contributed by atoms with Crippen molar-refractivity contribution >= 4 is 5.91 Å². The summed E-state index contributed by atoms with van der Waals surface area (Å²) >= 11 is 0. The maximum atomic E-state index is 11.9. The van der Waals surface area contributed by atoms with Crippen LogP contribution in [0.3, 0.4) is 0 Å². The Balaban J connectivity index is 1.91. The van der Waals surface area contributed by atoms with Gasteiger partial charge in [-0.3, -0.25) is 4.79 Å². The van der Waals surface area contributed by atoms with Crippen LogP contribution in [-0.4, -0.2) is 15.6 Å². The molecule has 0 radical (unpaired) electrons. The number of amides is 1. The molecule has 1 amide bonds. The van der Waals surface area contributed by atoms with Crippen molar-refractivity contribution in [2.75, 3.05) is 0 Å². The van der Waals surface area contributed by atoms with Crippen LogP contribution in [0, 0.1) is 0 Å². The van der Waals surface area contributed by atoms with E-state index in [1.807, 2.05) is 60.4 Å². The van der Waals surface area contributed by atoms with Gasteiger partial charge >= 0.3 is 0 Å². The van der Waals surface area contributed by atoms with Gasteiger partial charge in [0.25, 0.3) is 0 Å². The fourth-order valence-electron chi connectivity index (χ4n) is 2.14. The van der Waals surface area contributed by atoms with Crippen molar-refractivity contribution < 1.29 is 9.90 Å². The molecular weight excluding hydrogens is 252 g/mol. The number of hydrogen-bond donors (Lipinski definition) is 2. The van der Waals surface area contributed by atoms with E-state index in [0.717, 1.165) is 11.1 Å². The number of carbonyl (C=O) groups is 1. The second kappa shape index (κ2) is 5.92. The number of aromatic nitrogens is 1. The van der Waals surface area contributed by atoms with Crippen molar-refractivity contribution in [1.82, 2.24) is 9.88 Å². The summed E-state index contributed by atoms with van der Waals surface area (Å²) in [6.07, 6.45) is 3.93. The van der Waals surface area contributed by atoms with Gasteiger partial charge in [-0.25, -0.2) is 0 Å². The zero-order valence-electron chi connectivity index (χ0n) is 11.8. The Morgan fingerprint density at radius 3 is 2.60 bits per heavy atom. The van der Waals surface area contributed by atoms with Crippen molar-refractivity contribution in [3.63, 3.8) is 0 Å². The molecule has 0 aliphatic heterocycles. The SMILES string of the molecule is Cn1ccc(CNC(=O)CC(C)(O)c2ccccc2)c1. The first-order valence-corrected chi connectivity index (χ1v) is 6.63. The second-order valence-corrected chi connectivity index (χ2v) is 5.28. The minimum Gasteiger partial charge on any atom is -0.385 e. The molecule has 2 rings (SSSR count). The summed E-state index contributed by atoms with van der Waals surface area (Å²) in [5, 5.41) is 13.2. The highest BCUT2D eigenvalue weighted by Gasteiger charge is 2.26. The van der Waals surface area contributed by atoms with Crippen LogP contribution in [-0.2, 0) is 24.0 Å². The van der Waals surface area contributed by atoms with Gasteiger partial charge in [-0.15, -0.1) is 0 Å². The smallest absolute Gasteiger partial charge is 0.223 e. The van der Waals surface area contributed by atoms with Gasteiger partial charge in [-0.2, -0.15) is 0 Å². The zero-order chi connectivity index (χ0) is 14.6. The molecule has 1 aromatic carbocycles. The highest BCUT2D eigenvalue weighted by molar-refractivity contribution is 5.77. The lowest BCUT2D eigenvalue weighted by Gasteiger charge is -2.23. The Morgan fingerprint density at radius 1 is 1.30 bits per heavy atom. The number of aliphatic hydroxyl groups is 1. The molecule has 0 saturated heterocycles. The van der Waals surface area contributed by atoms with Gasteiger partial charge in [0.05, 0.1) is 12.0 Å². The third-order valence-electron chi connectivity index (χ3n) is 3.28. The molecule has 0 bridgehead atoms. The Morgan fingerprint density at radius 2 is 2.00 bits per heavy atom. The monoisotopic (exact) mass is 272 g/mol. The summed E-state index contributed by atoms with van der Waals surface area (Å²) < 4.78 is 1.93. The molecule has 1 heterocycles. The first kappa shape index (κ1) is 14.3. The minimum absolute atomic E-state index is 0.0455. The number of hydrogen-bond acceptors (Lipinski definition) is 2. The standard InChI is InChI=1S/C16H20N2O2/c1-16(20,14-6-4-3-5-7-14)10-15(19)17-11-13-8-9-18(2)12-13/h3-9,12,20H,10-11H2,1-2H3,(H,17,19). The predicted molar refractivity (Wildman–Crippen MR) is 77.9 cm³/mol. The number of nitrogens with one attached hydrogen (secondary N) is 1. The second-order valence-electron chi connectivity index (χ2n) is 5.28. The number of carbonyl (C=O) groups excluding carboxylic acids is 1. The largest absolute Gasteiger partial charge is 0.385 e. The molecule has 0 fully saturated rings. The average molecular weight is 272 g/mol. The van der Waals surface area contributed by atoms with Gasteiger partial charge in [-0.1, -0.05) is 30.3 Å². The molecule has 1 atom stereocenters. The lowest BCUT2D eigenvalue weighted by atomic mass is 9.92. The summed E-state index contributed by atoms with van der Waals surface area (Å²) in [7, 11) is 1.94. The van der Waals surface area contributed by atoms with Crippen LogP contribution in [0.2, 0.25) is 0 Å². The molecular formula is C16H20N2O2. The van der Waals surface area contributed by atoms with Crippen LogP contribution < -0.4 is 5.32 Å². The number of benzene rings is 1. The van der Waals surface area contributed by atoms with Crippen molar-refractivity contribution in [3.8, 4) is 0 Å². The van der Waals surface area contributed by atoms with Crippen LogP contribution in [0.1, 0.15) is 24.5 Å². The van der Waals surface area contributed by atoms with Gasteiger partial charge < -0.3 is 15.0 Å². The molecule has 106 valence electrons. The summed E-state index contributed by atoms with van der Waals surface area (Å²) in [6, 6.07) is 11.2. The van der Waals surface area contributed by atoms with Gasteiger partial charge in [0.1, 0.15) is 0 Å². The zero-order valence-corrected chi connectivity index (χ0v) is 11.8. The first-order valence-electron chi connectivity index (χ1n) is 6.63. The van der Waals surface area contributed by atoms with Gasteiger partial charge in [0.15, 0.2) is 0 Å². The lowest BCUT2D eigenvalue weighted by molar-refractivity contribution is -0.126. The topological polar surface area (TPSA) is 54.3 Å². The van der Waals surface area contributed by atoms with Gasteiger partial charge in [0, 0.05) is 26.0 Å². The highest BCUT2D eigenvalue weighted by Crippen LogP contribution is 2.23. The maximum absolute atomic E-state index is 11.9. The van der Waals surface area contributed by atoms with E-state index in [9.17, 15) is 9.90 Å². The van der Waals surface area contributed by atoms with Crippen LogP contribution in [0.15, 0.2) is 48.8 Å². The van der Waals surface area contributed by atoms with E-state index >= 15 is 0 Å². The van der Waals surface area contributed by atoms with Gasteiger partial charge in [0.2, 0.25) is 5.91 Å². The van der Waals surface area contributed by atoms with Crippen LogP contribution in [0.25, 0.3) is 0 Å². The Kier molecular flexibility index (Phi) is 4.25. The quantitative estimate of drug-likeness (QED) is 0.874. The number of aryl methyl sites for hydroxylation is 1. The van der Waals surface area contributed by atoms with E-state index in [1.54, 1.807) is 6.92 Å². The summed E-state index contributed by atoms with van der Waals surface area (Å²) in [6.45, 7) is 2.13. The van der Waals surface area contributed by atoms with E-state index < -0.39 is 5.60 Å². The molecule has 4 nitrogen and oxygen atoms in total. The average Bonchev–Trinajstić information content (AvgIpc) is 2.83. The molecule has 4 heteroatoms. The summed E-state index contributed by atoms with van der Waals surface area (Å²) in [5.41, 5.74) is 0.636. The molecule has 0 saturated carbocycles. The Hall–Kier alpha value is -2.07. The molecule has 20 heavy (non-hydrogen) atoms. The maximum Gasteiger partial charge on any atom is 0.223 e. The number of nitrogens with zero attached hydrogens (tertiary/aromatic N) is 1. The predicted octanol–water partition coefficient (Wildman–Crippen LogP) is 1.94. The molecule has 2 aromatic rings. The Bertz CT molecular complexity index is 573. The van der Waals surface area contributed by atoms with E-state index in [2.05, 4.69) is 5.32 Å². The van der Waals surface area contributed by atoms with Crippen molar-refractivity contribution in [1.29, 1.82) is 0 Å². The molecule has 0 aliphatic carbocycles. The third kappa shape index (κ3) is 3.71. The summed E-state index contributed by atoms with van der Waals surface area (Å²) in [4.78, 5) is 11.9.